The van der Waals surface area contributed by atoms with Crippen LogP contribution in [0.5, 0.6) is 0 Å². The van der Waals surface area contributed by atoms with Gasteiger partial charge in [-0.15, -0.1) is 0 Å². The van der Waals surface area contributed by atoms with E-state index in [2.05, 4.69) is 51.5 Å². The summed E-state index contributed by atoms with van der Waals surface area (Å²) in [5, 5.41) is 0. The van der Waals surface area contributed by atoms with Gasteiger partial charge in [-0.1, -0.05) is 57.4 Å². The molecule has 0 aliphatic heterocycles. The molecule has 0 amide bonds. The Labute approximate surface area is 182 Å². The second-order valence-electron chi connectivity index (χ2n) is 7.57. The summed E-state index contributed by atoms with van der Waals surface area (Å²) in [5.74, 6) is 4.22. The van der Waals surface area contributed by atoms with Crippen LogP contribution >= 0.6 is 0 Å². The van der Waals surface area contributed by atoms with E-state index in [1.807, 2.05) is 0 Å². The predicted octanol–water partition coefficient (Wildman–Crippen LogP) is 5.42. The van der Waals surface area contributed by atoms with Gasteiger partial charge in [-0.25, -0.2) is 0 Å². The van der Waals surface area contributed by atoms with E-state index in [1.165, 1.54) is 32.1 Å². The Bertz CT molecular complexity index is 377. The molecule has 3 aliphatic carbocycles. The molecular formula is C19H29Y2-. The molecule has 2 fully saturated rings. The van der Waals surface area contributed by atoms with Crippen molar-refractivity contribution in [2.45, 2.75) is 52.9 Å². The second kappa shape index (κ2) is 8.69. The molecule has 2 radical (unpaired) electrons. The summed E-state index contributed by atoms with van der Waals surface area (Å²) in [6.45, 7) is 7.39. The minimum absolute atomic E-state index is 0. The van der Waals surface area contributed by atoms with Gasteiger partial charge >= 0.3 is 0 Å². The van der Waals surface area contributed by atoms with Crippen LogP contribution in [-0.4, -0.2) is 0 Å². The van der Waals surface area contributed by atoms with E-state index in [9.17, 15) is 0 Å². The third kappa shape index (κ3) is 4.03. The van der Waals surface area contributed by atoms with Crippen molar-refractivity contribution in [2.75, 3.05) is 0 Å². The summed E-state index contributed by atoms with van der Waals surface area (Å²) >= 11 is 0. The molecule has 0 spiro atoms. The van der Waals surface area contributed by atoms with Gasteiger partial charge in [-0.3, -0.25) is 0 Å². The molecule has 2 saturated carbocycles. The van der Waals surface area contributed by atoms with E-state index in [4.69, 9.17) is 0 Å². The van der Waals surface area contributed by atoms with Gasteiger partial charge in [0.1, 0.15) is 0 Å². The largest absolute Gasteiger partial charge is 0.328 e. The van der Waals surface area contributed by atoms with Crippen molar-refractivity contribution in [2.24, 2.45) is 35.0 Å². The van der Waals surface area contributed by atoms with Crippen molar-refractivity contribution in [3.05, 3.63) is 30.7 Å². The van der Waals surface area contributed by atoms with Crippen LogP contribution in [0.1, 0.15) is 52.9 Å². The first-order valence-corrected chi connectivity index (χ1v) is 8.29. The van der Waals surface area contributed by atoms with Crippen molar-refractivity contribution in [3.8, 4) is 0 Å². The monoisotopic (exact) mass is 435 g/mol. The van der Waals surface area contributed by atoms with E-state index in [0.29, 0.717) is 5.41 Å². The van der Waals surface area contributed by atoms with Gasteiger partial charge in [0.05, 0.1) is 0 Å². The predicted molar refractivity (Wildman–Crippen MR) is 82.6 cm³/mol. The van der Waals surface area contributed by atoms with Gasteiger partial charge in [0.25, 0.3) is 0 Å². The van der Waals surface area contributed by atoms with Crippen LogP contribution in [0.15, 0.2) is 24.3 Å². The van der Waals surface area contributed by atoms with E-state index < -0.39 is 0 Å². The number of hydrogen-bond acceptors (Lipinski definition) is 0. The van der Waals surface area contributed by atoms with Crippen molar-refractivity contribution >= 4 is 0 Å². The summed E-state index contributed by atoms with van der Waals surface area (Å²) in [4.78, 5) is 0. The summed E-state index contributed by atoms with van der Waals surface area (Å²) in [7, 11) is 0. The molecule has 4 unspecified atom stereocenters. The molecule has 0 bridgehead atoms. The third-order valence-corrected chi connectivity index (χ3v) is 6.50. The molecule has 0 saturated heterocycles. The maximum absolute atomic E-state index is 2.56. The summed E-state index contributed by atoms with van der Waals surface area (Å²) in [6, 6.07) is 0. The summed E-state index contributed by atoms with van der Waals surface area (Å²) < 4.78 is 0. The molecule has 3 rings (SSSR count). The summed E-state index contributed by atoms with van der Waals surface area (Å²) in [5.41, 5.74) is 0.521. The van der Waals surface area contributed by atoms with Crippen LogP contribution < -0.4 is 0 Å². The Morgan fingerprint density at radius 2 is 1.52 bits per heavy atom. The molecule has 4 atom stereocenters. The van der Waals surface area contributed by atoms with E-state index in [1.54, 1.807) is 0 Å². The van der Waals surface area contributed by atoms with Gasteiger partial charge in [0, 0.05) is 65.4 Å². The molecule has 21 heavy (non-hydrogen) atoms. The molecule has 0 nitrogen and oxygen atoms in total. The molecule has 0 aromatic heterocycles. The van der Waals surface area contributed by atoms with Gasteiger partial charge in [0.15, 0.2) is 0 Å². The zero-order chi connectivity index (χ0) is 13.5. The Balaban J connectivity index is 0.00000110. The Morgan fingerprint density at radius 3 is 2.10 bits per heavy atom. The fourth-order valence-corrected chi connectivity index (χ4v) is 5.21. The van der Waals surface area contributed by atoms with Crippen LogP contribution in [0.2, 0.25) is 0 Å². The minimum Gasteiger partial charge on any atom is -0.328 e. The van der Waals surface area contributed by atoms with Crippen LogP contribution in [0.25, 0.3) is 0 Å². The van der Waals surface area contributed by atoms with Gasteiger partial charge in [0.2, 0.25) is 0 Å². The minimum atomic E-state index is 0. The van der Waals surface area contributed by atoms with Crippen LogP contribution in [0, 0.1) is 41.4 Å². The molecule has 3 aliphatic rings. The van der Waals surface area contributed by atoms with Crippen molar-refractivity contribution in [3.63, 3.8) is 0 Å². The maximum atomic E-state index is 2.56. The first kappa shape index (κ1) is 20.7. The topological polar surface area (TPSA) is 0 Å². The molecule has 0 aromatic carbocycles. The first-order chi connectivity index (χ1) is 9.14. The zero-order valence-electron chi connectivity index (χ0n) is 14.0. The molecule has 112 valence electrons. The van der Waals surface area contributed by atoms with Gasteiger partial charge < -0.3 is 6.42 Å². The number of hydrogen-bond donors (Lipinski definition) is 0. The van der Waals surface area contributed by atoms with E-state index >= 15 is 0 Å². The fourth-order valence-electron chi connectivity index (χ4n) is 5.21. The van der Waals surface area contributed by atoms with Crippen molar-refractivity contribution < 1.29 is 65.4 Å². The van der Waals surface area contributed by atoms with E-state index in [-0.39, 0.29) is 65.4 Å². The normalized spacial score (nSPS) is 35.2. The quantitative estimate of drug-likeness (QED) is 0.520. The number of rotatable bonds is 3. The number of fused-ring (bicyclic) bond motifs is 1. The van der Waals surface area contributed by atoms with Crippen LogP contribution in [-0.2, 0) is 65.4 Å². The Kier molecular flexibility index (Phi) is 8.58. The SMILES string of the molecule is C[CH-]C1CC(C(C)(C)C2CCCC2)C2C=CC=CC12.[Y].[Y]. The second-order valence-corrected chi connectivity index (χ2v) is 7.57. The molecular weight excluding hydrogens is 406 g/mol. The molecule has 0 N–H and O–H groups in total. The van der Waals surface area contributed by atoms with Gasteiger partial charge in [-0.2, -0.15) is 12.8 Å². The maximum Gasteiger partial charge on any atom is 0 e. The van der Waals surface area contributed by atoms with Crippen LogP contribution in [0.4, 0.5) is 0 Å². The van der Waals surface area contributed by atoms with Crippen LogP contribution in [0.3, 0.4) is 0 Å². The fraction of sp³-hybridized carbons (Fsp3) is 0.737. The smallest absolute Gasteiger partial charge is 0 e. The Morgan fingerprint density at radius 1 is 0.952 bits per heavy atom. The first-order valence-electron chi connectivity index (χ1n) is 8.29. The average molecular weight is 435 g/mol. The van der Waals surface area contributed by atoms with E-state index in [0.717, 1.165) is 29.6 Å². The van der Waals surface area contributed by atoms with Crippen molar-refractivity contribution in [1.29, 1.82) is 0 Å². The van der Waals surface area contributed by atoms with Gasteiger partial charge in [-0.05, 0) is 41.9 Å². The standard InChI is InChI=1S/C19H29.2Y/c1-4-14-13-18(17-12-8-7-11-16(14)17)19(2,3)15-9-5-6-10-15;;/h4,7-8,11-12,14-18H,5-6,9-10,13H2,1-3H3;;/q-1;;. The average Bonchev–Trinajstić information content (AvgIpc) is 3.07. The summed E-state index contributed by atoms with van der Waals surface area (Å²) in [6.07, 6.45) is 19.3. The molecule has 2 heteroatoms. The van der Waals surface area contributed by atoms with Crippen molar-refractivity contribution in [1.82, 2.24) is 0 Å². The number of allylic oxidation sites excluding steroid dienone is 4. The zero-order valence-corrected chi connectivity index (χ0v) is 19.6. The molecule has 0 heterocycles. The Hall–Kier alpha value is 1.69. The third-order valence-electron chi connectivity index (χ3n) is 6.50. The molecule has 0 aromatic rings.